The molecular weight excluding hydrogens is 316 g/mol. The molecule has 25 heavy (non-hydrogen) atoms. The number of rotatable bonds is 6. The van der Waals surface area contributed by atoms with Crippen LogP contribution in [0.5, 0.6) is 0 Å². The largest absolute Gasteiger partial charge is 0.461 e. The summed E-state index contributed by atoms with van der Waals surface area (Å²) >= 11 is 0. The quantitative estimate of drug-likeness (QED) is 0.474. The molecule has 1 atom stereocenters. The Morgan fingerprint density at radius 3 is 2.76 bits per heavy atom. The van der Waals surface area contributed by atoms with E-state index < -0.39 is 0 Å². The second-order valence-electron chi connectivity index (χ2n) is 5.70. The van der Waals surface area contributed by atoms with Crippen molar-refractivity contribution in [3.63, 3.8) is 0 Å². The van der Waals surface area contributed by atoms with Gasteiger partial charge in [-0.3, -0.25) is 10.1 Å². The van der Waals surface area contributed by atoms with Crippen LogP contribution < -0.4 is 10.6 Å². The number of aromatic nitrogens is 3. The van der Waals surface area contributed by atoms with Gasteiger partial charge in [0.2, 0.25) is 5.82 Å². The van der Waals surface area contributed by atoms with Crippen LogP contribution in [0, 0.1) is 0 Å². The Kier molecular flexibility index (Phi) is 5.46. The highest BCUT2D eigenvalue weighted by molar-refractivity contribution is 5.79. The zero-order valence-corrected chi connectivity index (χ0v) is 14.4. The third kappa shape index (κ3) is 4.47. The Morgan fingerprint density at radius 1 is 1.20 bits per heavy atom. The van der Waals surface area contributed by atoms with E-state index in [0.29, 0.717) is 29.9 Å². The summed E-state index contributed by atoms with van der Waals surface area (Å²) in [6.07, 6.45) is 1.60. The molecule has 0 aliphatic heterocycles. The fourth-order valence-electron chi connectivity index (χ4n) is 2.43. The summed E-state index contributed by atoms with van der Waals surface area (Å²) < 4.78 is 5.29. The van der Waals surface area contributed by atoms with Crippen molar-refractivity contribution in [2.24, 2.45) is 4.99 Å². The number of nitrogens with one attached hydrogen (secondary N) is 3. The fourth-order valence-corrected chi connectivity index (χ4v) is 2.43. The van der Waals surface area contributed by atoms with E-state index in [1.165, 1.54) is 5.56 Å². The first kappa shape index (κ1) is 16.8. The summed E-state index contributed by atoms with van der Waals surface area (Å²) in [5.41, 5.74) is 1.30. The van der Waals surface area contributed by atoms with Gasteiger partial charge in [-0.1, -0.05) is 37.3 Å². The van der Waals surface area contributed by atoms with E-state index in [4.69, 9.17) is 4.42 Å². The van der Waals surface area contributed by atoms with Crippen molar-refractivity contribution in [1.82, 2.24) is 25.8 Å². The van der Waals surface area contributed by atoms with Crippen molar-refractivity contribution in [3.8, 4) is 11.6 Å². The average molecular weight is 338 g/mol. The molecule has 0 aliphatic rings. The molecule has 0 saturated heterocycles. The summed E-state index contributed by atoms with van der Waals surface area (Å²) in [7, 11) is 1.75. The van der Waals surface area contributed by atoms with Crippen LogP contribution in [0.2, 0.25) is 0 Å². The standard InChI is InChI=1S/C18H22N6O/c1-13(14-7-4-3-5-8-14)11-20-18(19-2)21-12-16-22-17(24-23-16)15-9-6-10-25-15/h3-10,13H,11-12H2,1-2H3,(H2,19,20,21)(H,22,23,24). The highest BCUT2D eigenvalue weighted by Gasteiger charge is 2.09. The summed E-state index contributed by atoms with van der Waals surface area (Å²) in [6, 6.07) is 14.0. The van der Waals surface area contributed by atoms with Gasteiger partial charge >= 0.3 is 0 Å². The lowest BCUT2D eigenvalue weighted by atomic mass is 10.0. The van der Waals surface area contributed by atoms with Crippen molar-refractivity contribution >= 4 is 5.96 Å². The third-order valence-electron chi connectivity index (χ3n) is 3.86. The molecule has 7 heteroatoms. The second-order valence-corrected chi connectivity index (χ2v) is 5.70. The topological polar surface area (TPSA) is 91.1 Å². The van der Waals surface area contributed by atoms with E-state index in [1.807, 2.05) is 18.2 Å². The molecule has 0 spiro atoms. The van der Waals surface area contributed by atoms with Gasteiger partial charge in [0.15, 0.2) is 11.7 Å². The number of guanidine groups is 1. The maximum absolute atomic E-state index is 5.29. The van der Waals surface area contributed by atoms with Gasteiger partial charge in [0, 0.05) is 13.6 Å². The molecule has 3 rings (SSSR count). The Bertz CT molecular complexity index is 794. The molecule has 0 radical (unpaired) electrons. The molecule has 1 unspecified atom stereocenters. The number of hydrogen-bond acceptors (Lipinski definition) is 4. The van der Waals surface area contributed by atoms with Crippen LogP contribution in [0.3, 0.4) is 0 Å². The Hall–Kier alpha value is -3.09. The first-order valence-corrected chi connectivity index (χ1v) is 8.21. The van der Waals surface area contributed by atoms with E-state index in [-0.39, 0.29) is 0 Å². The van der Waals surface area contributed by atoms with Crippen LogP contribution in [-0.4, -0.2) is 34.7 Å². The van der Waals surface area contributed by atoms with Gasteiger partial charge < -0.3 is 15.1 Å². The maximum atomic E-state index is 5.29. The smallest absolute Gasteiger partial charge is 0.216 e. The molecule has 2 aromatic heterocycles. The number of H-pyrrole nitrogens is 1. The average Bonchev–Trinajstić information content (AvgIpc) is 3.34. The predicted octanol–water partition coefficient (Wildman–Crippen LogP) is 2.53. The Labute approximate surface area is 146 Å². The number of benzene rings is 1. The van der Waals surface area contributed by atoms with Gasteiger partial charge in [0.25, 0.3) is 0 Å². The van der Waals surface area contributed by atoms with Crippen LogP contribution in [0.4, 0.5) is 0 Å². The van der Waals surface area contributed by atoms with E-state index in [0.717, 1.165) is 12.5 Å². The molecule has 7 nitrogen and oxygen atoms in total. The molecule has 1 aromatic carbocycles. The van der Waals surface area contributed by atoms with E-state index in [1.54, 1.807) is 13.3 Å². The number of aliphatic imine (C=N–C) groups is 1. The van der Waals surface area contributed by atoms with Crippen LogP contribution >= 0.6 is 0 Å². The third-order valence-corrected chi connectivity index (χ3v) is 3.86. The van der Waals surface area contributed by atoms with Gasteiger partial charge in [-0.15, -0.1) is 5.10 Å². The lowest BCUT2D eigenvalue weighted by molar-refractivity contribution is 0.577. The molecule has 2 heterocycles. The SMILES string of the molecule is CN=C(NCc1nc(-c2ccco2)n[nH]1)NCC(C)c1ccccc1. The lowest BCUT2D eigenvalue weighted by Gasteiger charge is -2.15. The molecule has 3 aromatic rings. The summed E-state index contributed by atoms with van der Waals surface area (Å²) in [4.78, 5) is 8.64. The first-order valence-electron chi connectivity index (χ1n) is 8.21. The predicted molar refractivity (Wildman–Crippen MR) is 97.1 cm³/mol. The lowest BCUT2D eigenvalue weighted by Crippen LogP contribution is -2.38. The maximum Gasteiger partial charge on any atom is 0.216 e. The van der Waals surface area contributed by atoms with Crippen LogP contribution in [0.25, 0.3) is 11.6 Å². The van der Waals surface area contributed by atoms with Crippen LogP contribution in [0.15, 0.2) is 58.1 Å². The Balaban J connectivity index is 1.50. The number of furan rings is 1. The van der Waals surface area contributed by atoms with Crippen molar-refractivity contribution < 1.29 is 4.42 Å². The minimum Gasteiger partial charge on any atom is -0.461 e. The van der Waals surface area contributed by atoms with E-state index >= 15 is 0 Å². The number of hydrogen-bond donors (Lipinski definition) is 3. The zero-order chi connectivity index (χ0) is 17.5. The van der Waals surface area contributed by atoms with Gasteiger partial charge in [-0.25, -0.2) is 4.98 Å². The molecule has 3 N–H and O–H groups in total. The normalized spacial score (nSPS) is 12.8. The summed E-state index contributed by atoms with van der Waals surface area (Å²) in [6.45, 7) is 3.46. The second kappa shape index (κ2) is 8.14. The monoisotopic (exact) mass is 338 g/mol. The highest BCUT2D eigenvalue weighted by atomic mass is 16.3. The molecular formula is C18H22N6O. The number of aromatic amines is 1. The zero-order valence-electron chi connectivity index (χ0n) is 14.4. The molecule has 0 fully saturated rings. The van der Waals surface area contributed by atoms with Crippen molar-refractivity contribution in [2.75, 3.05) is 13.6 Å². The summed E-state index contributed by atoms with van der Waals surface area (Å²) in [5.74, 6) is 3.00. The molecule has 130 valence electrons. The molecule has 0 amide bonds. The van der Waals surface area contributed by atoms with Gasteiger partial charge in [-0.05, 0) is 23.6 Å². The van der Waals surface area contributed by atoms with Crippen molar-refractivity contribution in [1.29, 1.82) is 0 Å². The van der Waals surface area contributed by atoms with E-state index in [9.17, 15) is 0 Å². The molecule has 0 bridgehead atoms. The van der Waals surface area contributed by atoms with Crippen LogP contribution in [0.1, 0.15) is 24.2 Å². The minimum atomic E-state index is 0.385. The fraction of sp³-hybridized carbons (Fsp3) is 0.278. The highest BCUT2D eigenvalue weighted by Crippen LogP contribution is 2.14. The van der Waals surface area contributed by atoms with Gasteiger partial charge in [0.05, 0.1) is 12.8 Å². The Morgan fingerprint density at radius 2 is 2.04 bits per heavy atom. The van der Waals surface area contributed by atoms with Gasteiger partial charge in [0.1, 0.15) is 5.82 Å². The summed E-state index contributed by atoms with van der Waals surface area (Å²) in [5, 5.41) is 13.6. The molecule has 0 aliphatic carbocycles. The van der Waals surface area contributed by atoms with Crippen molar-refractivity contribution in [2.45, 2.75) is 19.4 Å². The van der Waals surface area contributed by atoms with E-state index in [2.05, 4.69) is 62.0 Å². The molecule has 0 saturated carbocycles. The number of nitrogens with zero attached hydrogens (tertiary/aromatic N) is 3. The minimum absolute atomic E-state index is 0.385. The first-order chi connectivity index (χ1) is 12.3. The van der Waals surface area contributed by atoms with Gasteiger partial charge in [-0.2, -0.15) is 0 Å². The van der Waals surface area contributed by atoms with Crippen LogP contribution in [-0.2, 0) is 6.54 Å². The van der Waals surface area contributed by atoms with Crippen molar-refractivity contribution in [3.05, 3.63) is 60.1 Å².